The normalized spacial score (nSPS) is 18.4. The summed E-state index contributed by atoms with van der Waals surface area (Å²) in [5.74, 6) is -0.0321. The van der Waals surface area contributed by atoms with Crippen LogP contribution in [0.15, 0.2) is 24.3 Å². The smallest absolute Gasteiger partial charge is 0.246 e. The monoisotopic (exact) mass is 291 g/mol. The summed E-state index contributed by atoms with van der Waals surface area (Å²) in [5, 5.41) is 12.6. The molecule has 1 aromatic rings. The fourth-order valence-electron chi connectivity index (χ4n) is 2.46. The standard InChI is InChI=1S/C15H21N3O3/c1-17(2)15(21)13-10-16-6-7-18(13)14(20)9-11-4-3-5-12(19)8-11/h3-5,8,13,16,19H,6-7,9-10H2,1-2H3. The van der Waals surface area contributed by atoms with Crippen molar-refractivity contribution in [3.8, 4) is 5.75 Å². The maximum atomic E-state index is 12.5. The Bertz CT molecular complexity index is 531. The largest absolute Gasteiger partial charge is 0.508 e. The number of hydrogen-bond acceptors (Lipinski definition) is 4. The summed E-state index contributed by atoms with van der Waals surface area (Å²) in [6.07, 6.45) is 0.186. The van der Waals surface area contributed by atoms with Crippen molar-refractivity contribution in [1.29, 1.82) is 0 Å². The zero-order valence-electron chi connectivity index (χ0n) is 12.4. The first-order chi connectivity index (χ1) is 9.99. The van der Waals surface area contributed by atoms with E-state index in [1.807, 2.05) is 0 Å². The lowest BCUT2D eigenvalue weighted by Crippen LogP contribution is -2.59. The van der Waals surface area contributed by atoms with Gasteiger partial charge in [-0.3, -0.25) is 9.59 Å². The minimum atomic E-state index is -0.460. The molecule has 6 heteroatoms. The Hall–Kier alpha value is -2.08. The van der Waals surface area contributed by atoms with E-state index in [1.165, 1.54) is 4.90 Å². The Morgan fingerprint density at radius 2 is 2.19 bits per heavy atom. The van der Waals surface area contributed by atoms with E-state index in [0.717, 1.165) is 5.56 Å². The highest BCUT2D eigenvalue weighted by molar-refractivity contribution is 5.88. The molecule has 2 rings (SSSR count). The fourth-order valence-corrected chi connectivity index (χ4v) is 2.46. The highest BCUT2D eigenvalue weighted by Gasteiger charge is 2.32. The van der Waals surface area contributed by atoms with E-state index in [1.54, 1.807) is 43.3 Å². The number of likely N-dealkylation sites (N-methyl/N-ethyl adjacent to an activating group) is 1. The summed E-state index contributed by atoms with van der Waals surface area (Å²) in [6, 6.07) is 6.18. The number of carbonyl (C=O) groups is 2. The van der Waals surface area contributed by atoms with Crippen LogP contribution in [0.1, 0.15) is 5.56 Å². The van der Waals surface area contributed by atoms with Crippen LogP contribution in [0.25, 0.3) is 0 Å². The highest BCUT2D eigenvalue weighted by atomic mass is 16.3. The quantitative estimate of drug-likeness (QED) is 0.810. The number of carbonyl (C=O) groups excluding carboxylic acids is 2. The van der Waals surface area contributed by atoms with Crippen molar-refractivity contribution < 1.29 is 14.7 Å². The molecule has 0 saturated carbocycles. The molecule has 1 aliphatic heterocycles. The van der Waals surface area contributed by atoms with Crippen LogP contribution in [0.4, 0.5) is 0 Å². The number of nitrogens with one attached hydrogen (secondary N) is 1. The molecule has 0 aromatic heterocycles. The van der Waals surface area contributed by atoms with Crippen LogP contribution in [-0.4, -0.2) is 66.5 Å². The zero-order chi connectivity index (χ0) is 15.4. The fraction of sp³-hybridized carbons (Fsp3) is 0.467. The highest BCUT2D eigenvalue weighted by Crippen LogP contribution is 2.14. The number of amides is 2. The van der Waals surface area contributed by atoms with Crippen molar-refractivity contribution in [2.45, 2.75) is 12.5 Å². The first-order valence-corrected chi connectivity index (χ1v) is 6.98. The second kappa shape index (κ2) is 6.58. The van der Waals surface area contributed by atoms with Gasteiger partial charge in [-0.15, -0.1) is 0 Å². The SMILES string of the molecule is CN(C)C(=O)C1CNCCN1C(=O)Cc1cccc(O)c1. The van der Waals surface area contributed by atoms with Gasteiger partial charge in [-0.1, -0.05) is 12.1 Å². The first-order valence-electron chi connectivity index (χ1n) is 6.98. The molecule has 1 atom stereocenters. The van der Waals surface area contributed by atoms with Crippen LogP contribution in [-0.2, 0) is 16.0 Å². The minimum Gasteiger partial charge on any atom is -0.508 e. The molecule has 1 unspecified atom stereocenters. The van der Waals surface area contributed by atoms with E-state index < -0.39 is 6.04 Å². The van der Waals surface area contributed by atoms with E-state index in [2.05, 4.69) is 5.32 Å². The lowest BCUT2D eigenvalue weighted by molar-refractivity contribution is -0.145. The Labute approximate surface area is 124 Å². The number of nitrogens with zero attached hydrogens (tertiary/aromatic N) is 2. The van der Waals surface area contributed by atoms with E-state index in [9.17, 15) is 14.7 Å². The van der Waals surface area contributed by atoms with E-state index in [-0.39, 0.29) is 24.0 Å². The first kappa shape index (κ1) is 15.3. The molecule has 1 fully saturated rings. The lowest BCUT2D eigenvalue weighted by atomic mass is 10.1. The average molecular weight is 291 g/mol. The molecule has 0 bridgehead atoms. The van der Waals surface area contributed by atoms with Gasteiger partial charge in [-0.25, -0.2) is 0 Å². The number of piperazine rings is 1. The summed E-state index contributed by atoms with van der Waals surface area (Å²) in [5.41, 5.74) is 0.745. The molecule has 114 valence electrons. The van der Waals surface area contributed by atoms with Gasteiger partial charge in [0.1, 0.15) is 11.8 Å². The molecular weight excluding hydrogens is 270 g/mol. The second-order valence-electron chi connectivity index (χ2n) is 5.39. The van der Waals surface area contributed by atoms with Crippen molar-refractivity contribution in [1.82, 2.24) is 15.1 Å². The van der Waals surface area contributed by atoms with Gasteiger partial charge in [-0.2, -0.15) is 0 Å². The predicted octanol–water partition coefficient (Wildman–Crippen LogP) is -0.177. The van der Waals surface area contributed by atoms with Crippen LogP contribution in [0.5, 0.6) is 5.75 Å². The molecule has 1 heterocycles. The zero-order valence-corrected chi connectivity index (χ0v) is 12.4. The predicted molar refractivity (Wildman–Crippen MR) is 78.9 cm³/mol. The van der Waals surface area contributed by atoms with Crippen LogP contribution < -0.4 is 5.32 Å². The van der Waals surface area contributed by atoms with Gasteiger partial charge < -0.3 is 20.2 Å². The molecular formula is C15H21N3O3. The van der Waals surface area contributed by atoms with E-state index in [4.69, 9.17) is 0 Å². The van der Waals surface area contributed by atoms with Gasteiger partial charge in [0.25, 0.3) is 0 Å². The lowest BCUT2D eigenvalue weighted by Gasteiger charge is -2.36. The van der Waals surface area contributed by atoms with Crippen molar-refractivity contribution in [3.63, 3.8) is 0 Å². The van der Waals surface area contributed by atoms with Gasteiger partial charge in [0.15, 0.2) is 0 Å². The number of phenols is 1. The third-order valence-electron chi connectivity index (χ3n) is 3.56. The van der Waals surface area contributed by atoms with Crippen LogP contribution in [0, 0.1) is 0 Å². The van der Waals surface area contributed by atoms with Crippen LogP contribution in [0.2, 0.25) is 0 Å². The summed E-state index contributed by atoms with van der Waals surface area (Å²) in [6.45, 7) is 1.67. The number of benzene rings is 1. The Morgan fingerprint density at radius 1 is 1.43 bits per heavy atom. The molecule has 2 amide bonds. The third-order valence-corrected chi connectivity index (χ3v) is 3.56. The Balaban J connectivity index is 2.10. The summed E-state index contributed by atoms with van der Waals surface area (Å²) in [4.78, 5) is 27.8. The summed E-state index contributed by atoms with van der Waals surface area (Å²) in [7, 11) is 3.38. The van der Waals surface area contributed by atoms with Gasteiger partial charge in [0.2, 0.25) is 11.8 Å². The van der Waals surface area contributed by atoms with Gasteiger partial charge in [-0.05, 0) is 17.7 Å². The Morgan fingerprint density at radius 3 is 2.86 bits per heavy atom. The summed E-state index contributed by atoms with van der Waals surface area (Å²) >= 11 is 0. The molecule has 2 N–H and O–H groups in total. The number of hydrogen-bond donors (Lipinski definition) is 2. The van der Waals surface area contributed by atoms with Crippen molar-refractivity contribution in [2.75, 3.05) is 33.7 Å². The van der Waals surface area contributed by atoms with Crippen molar-refractivity contribution in [2.24, 2.45) is 0 Å². The van der Waals surface area contributed by atoms with E-state index >= 15 is 0 Å². The molecule has 1 saturated heterocycles. The molecule has 1 aromatic carbocycles. The molecule has 1 aliphatic rings. The average Bonchev–Trinajstić information content (AvgIpc) is 2.46. The van der Waals surface area contributed by atoms with Crippen molar-refractivity contribution >= 4 is 11.8 Å². The second-order valence-corrected chi connectivity index (χ2v) is 5.39. The number of phenolic OH excluding ortho intramolecular Hbond substituents is 1. The minimum absolute atomic E-state index is 0.0774. The maximum absolute atomic E-state index is 12.5. The molecule has 0 aliphatic carbocycles. The third kappa shape index (κ3) is 3.72. The van der Waals surface area contributed by atoms with Gasteiger partial charge >= 0.3 is 0 Å². The van der Waals surface area contributed by atoms with Crippen LogP contribution >= 0.6 is 0 Å². The van der Waals surface area contributed by atoms with Crippen molar-refractivity contribution in [3.05, 3.63) is 29.8 Å². The molecule has 0 radical (unpaired) electrons. The maximum Gasteiger partial charge on any atom is 0.246 e. The molecule has 6 nitrogen and oxygen atoms in total. The van der Waals surface area contributed by atoms with Crippen LogP contribution in [0.3, 0.4) is 0 Å². The number of aromatic hydroxyl groups is 1. The molecule has 21 heavy (non-hydrogen) atoms. The van der Waals surface area contributed by atoms with Gasteiger partial charge in [0.05, 0.1) is 6.42 Å². The van der Waals surface area contributed by atoms with E-state index in [0.29, 0.717) is 19.6 Å². The van der Waals surface area contributed by atoms with Gasteiger partial charge in [0, 0.05) is 33.7 Å². The summed E-state index contributed by atoms with van der Waals surface area (Å²) < 4.78 is 0. The topological polar surface area (TPSA) is 72.9 Å². The number of rotatable bonds is 3. The molecule has 0 spiro atoms. The Kier molecular flexibility index (Phi) is 4.80.